The first-order valence-electron chi connectivity index (χ1n) is 12.0. The van der Waals surface area contributed by atoms with Crippen LogP contribution in [0.4, 0.5) is 5.69 Å². The number of ketones is 1. The van der Waals surface area contributed by atoms with Gasteiger partial charge in [-0.15, -0.1) is 0 Å². The predicted molar refractivity (Wildman–Crippen MR) is 141 cm³/mol. The van der Waals surface area contributed by atoms with Gasteiger partial charge >= 0.3 is 0 Å². The van der Waals surface area contributed by atoms with Crippen LogP contribution in [0, 0.1) is 6.92 Å². The number of rotatable bonds is 4. The first-order valence-corrected chi connectivity index (χ1v) is 13.5. The molecule has 9 heteroatoms. The van der Waals surface area contributed by atoms with Gasteiger partial charge in [0.25, 0.3) is 10.0 Å². The fraction of sp³-hybridized carbons (Fsp3) is 0.214. The maximum Gasteiger partial charge on any atom is 0.265 e. The number of Topliss-reactive ketones (excluding diaryl/α,β-unsaturated/α-hetero) is 1. The van der Waals surface area contributed by atoms with E-state index < -0.39 is 39.7 Å². The summed E-state index contributed by atoms with van der Waals surface area (Å²) >= 11 is 0. The van der Waals surface area contributed by atoms with Gasteiger partial charge in [-0.3, -0.25) is 9.59 Å². The maximum absolute atomic E-state index is 13.7. The summed E-state index contributed by atoms with van der Waals surface area (Å²) in [6.45, 7) is 3.31. The number of sulfonamides is 1. The van der Waals surface area contributed by atoms with Gasteiger partial charge in [0.2, 0.25) is 11.7 Å². The number of nitrogens with zero attached hydrogens (tertiary/aromatic N) is 3. The Morgan fingerprint density at radius 3 is 2.16 bits per heavy atom. The quantitative estimate of drug-likeness (QED) is 0.421. The number of hydrogen-bond acceptors (Lipinski definition) is 6. The van der Waals surface area contributed by atoms with E-state index in [1.54, 1.807) is 35.2 Å². The first kappa shape index (κ1) is 24.6. The van der Waals surface area contributed by atoms with Crippen LogP contribution in [0.1, 0.15) is 21.5 Å². The average molecular weight is 518 g/mol. The third-order valence-corrected chi connectivity index (χ3v) is 8.55. The van der Waals surface area contributed by atoms with E-state index in [0.717, 1.165) is 15.6 Å². The van der Waals surface area contributed by atoms with Crippen LogP contribution >= 0.6 is 0 Å². The van der Waals surface area contributed by atoms with E-state index in [1.165, 1.54) is 18.2 Å². The molecule has 0 aliphatic carbocycles. The van der Waals surface area contributed by atoms with Gasteiger partial charge in [-0.25, -0.2) is 12.7 Å². The molecule has 0 saturated carbocycles. The van der Waals surface area contributed by atoms with E-state index in [4.69, 9.17) is 0 Å². The van der Waals surface area contributed by atoms with Gasteiger partial charge in [0.1, 0.15) is 12.2 Å². The van der Waals surface area contributed by atoms with Gasteiger partial charge in [-0.1, -0.05) is 60.2 Å². The van der Waals surface area contributed by atoms with E-state index in [0.29, 0.717) is 26.2 Å². The molecule has 0 atom stereocenters. The molecule has 0 unspecified atom stereocenters. The van der Waals surface area contributed by atoms with Crippen molar-refractivity contribution in [2.45, 2.75) is 11.8 Å². The molecule has 1 fully saturated rings. The third kappa shape index (κ3) is 4.58. The largest absolute Gasteiger partial charge is 0.505 e. The number of anilines is 1. The number of allylic oxidation sites excluding steroid dienone is 1. The Balaban J connectivity index is 1.47. The summed E-state index contributed by atoms with van der Waals surface area (Å²) in [4.78, 5) is 30.4. The summed E-state index contributed by atoms with van der Waals surface area (Å²) in [6.07, 6.45) is 0. The molecule has 3 aromatic carbocycles. The molecule has 0 spiro atoms. The van der Waals surface area contributed by atoms with Crippen LogP contribution in [0.2, 0.25) is 0 Å². The van der Waals surface area contributed by atoms with Gasteiger partial charge in [0.05, 0.1) is 4.90 Å². The molecule has 190 valence electrons. The Morgan fingerprint density at radius 1 is 0.865 bits per heavy atom. The lowest BCUT2D eigenvalue weighted by Crippen LogP contribution is -2.52. The monoisotopic (exact) mass is 517 g/mol. The lowest BCUT2D eigenvalue weighted by Gasteiger charge is -2.38. The molecular weight excluding hydrogens is 490 g/mol. The SMILES string of the molecule is Cc1ccc(/C(O)=C2\C(=O)c3ccccc3S(=O)(=O)N2CC(=O)N2CCN(c3ccccc3)CC2)cc1. The molecule has 1 N–H and O–H groups in total. The first-order chi connectivity index (χ1) is 17.8. The normalized spacial score (nSPS) is 18.4. The Hall–Kier alpha value is -4.11. The fourth-order valence-corrected chi connectivity index (χ4v) is 6.29. The van der Waals surface area contributed by atoms with Crippen molar-refractivity contribution in [1.29, 1.82) is 0 Å². The van der Waals surface area contributed by atoms with E-state index in [-0.39, 0.29) is 16.0 Å². The number of piperazine rings is 1. The molecule has 3 aromatic rings. The number of amides is 1. The van der Waals surface area contributed by atoms with E-state index in [9.17, 15) is 23.1 Å². The van der Waals surface area contributed by atoms with Crippen LogP contribution in [-0.2, 0) is 14.8 Å². The number of carbonyl (C=O) groups is 2. The lowest BCUT2D eigenvalue weighted by molar-refractivity contribution is -0.131. The minimum Gasteiger partial charge on any atom is -0.505 e. The van der Waals surface area contributed by atoms with Crippen LogP contribution in [0.15, 0.2) is 89.5 Å². The summed E-state index contributed by atoms with van der Waals surface area (Å²) in [7, 11) is -4.28. The van der Waals surface area contributed by atoms with Crippen LogP contribution < -0.4 is 4.90 Å². The van der Waals surface area contributed by atoms with E-state index in [1.807, 2.05) is 37.3 Å². The maximum atomic E-state index is 13.7. The molecule has 0 bridgehead atoms. The van der Waals surface area contributed by atoms with Crippen LogP contribution in [0.5, 0.6) is 0 Å². The van der Waals surface area contributed by atoms with Crippen molar-refractivity contribution in [1.82, 2.24) is 9.21 Å². The highest BCUT2D eigenvalue weighted by Crippen LogP contribution is 2.35. The van der Waals surface area contributed by atoms with Gasteiger partial charge < -0.3 is 14.9 Å². The smallest absolute Gasteiger partial charge is 0.265 e. The van der Waals surface area contributed by atoms with Gasteiger partial charge in [-0.05, 0) is 31.2 Å². The van der Waals surface area contributed by atoms with Crippen molar-refractivity contribution < 1.29 is 23.1 Å². The minimum atomic E-state index is -4.28. The molecule has 2 aliphatic rings. The molecule has 0 radical (unpaired) electrons. The second-order valence-electron chi connectivity index (χ2n) is 9.10. The summed E-state index contributed by atoms with van der Waals surface area (Å²) in [5, 5.41) is 11.1. The zero-order chi connectivity index (χ0) is 26.2. The molecule has 8 nitrogen and oxygen atoms in total. The van der Waals surface area contributed by atoms with Crippen LogP contribution in [-0.4, -0.2) is 67.1 Å². The van der Waals surface area contributed by atoms with Crippen LogP contribution in [0.3, 0.4) is 0 Å². The third-order valence-electron chi connectivity index (χ3n) is 6.75. The van der Waals surface area contributed by atoms with Crippen molar-refractivity contribution >= 4 is 33.2 Å². The predicted octanol–water partition coefficient (Wildman–Crippen LogP) is 3.46. The number of carbonyl (C=O) groups excluding carboxylic acids is 2. The Labute approximate surface area is 216 Å². The van der Waals surface area contributed by atoms with Gasteiger partial charge in [-0.2, -0.15) is 0 Å². The van der Waals surface area contributed by atoms with Gasteiger partial charge in [0, 0.05) is 43.0 Å². The number of hydrogen-bond donors (Lipinski definition) is 1. The highest BCUT2D eigenvalue weighted by molar-refractivity contribution is 7.89. The van der Waals surface area contributed by atoms with Gasteiger partial charge in [0.15, 0.2) is 5.76 Å². The molecule has 2 aliphatic heterocycles. The summed E-state index contributed by atoms with van der Waals surface area (Å²) in [5.41, 5.74) is 1.84. The zero-order valence-electron chi connectivity index (χ0n) is 20.4. The second-order valence-corrected chi connectivity index (χ2v) is 10.9. The molecule has 5 rings (SSSR count). The van der Waals surface area contributed by atoms with Crippen molar-refractivity contribution in [3.8, 4) is 0 Å². The minimum absolute atomic E-state index is 0.0312. The number of benzene rings is 3. The standard InChI is InChI=1S/C28H27N3O5S/c1-20-11-13-21(14-12-20)27(33)26-28(34)23-9-5-6-10-24(23)37(35,36)31(26)19-25(32)30-17-15-29(16-18-30)22-7-3-2-4-8-22/h2-14,33H,15-19H2,1H3/b27-26-. The van der Waals surface area contributed by atoms with Crippen molar-refractivity contribution in [3.05, 3.63) is 101 Å². The molecule has 1 saturated heterocycles. The number of fused-ring (bicyclic) bond motifs is 1. The summed E-state index contributed by atoms with van der Waals surface area (Å²) < 4.78 is 28.1. The lowest BCUT2D eigenvalue weighted by atomic mass is 10.0. The highest BCUT2D eigenvalue weighted by atomic mass is 32.2. The molecule has 37 heavy (non-hydrogen) atoms. The number of para-hydroxylation sites is 1. The Kier molecular flexibility index (Phi) is 6.47. The Morgan fingerprint density at radius 2 is 1.49 bits per heavy atom. The van der Waals surface area contributed by atoms with Crippen molar-refractivity contribution in [2.75, 3.05) is 37.6 Å². The van der Waals surface area contributed by atoms with E-state index in [2.05, 4.69) is 4.90 Å². The molecule has 0 aromatic heterocycles. The Bertz CT molecular complexity index is 1480. The van der Waals surface area contributed by atoms with Crippen molar-refractivity contribution in [3.63, 3.8) is 0 Å². The van der Waals surface area contributed by atoms with E-state index >= 15 is 0 Å². The van der Waals surface area contributed by atoms with Crippen LogP contribution in [0.25, 0.3) is 5.76 Å². The zero-order valence-corrected chi connectivity index (χ0v) is 21.2. The number of aryl methyl sites for hydroxylation is 1. The summed E-state index contributed by atoms with van der Waals surface area (Å²) in [6, 6.07) is 22.5. The van der Waals surface area contributed by atoms with Crippen molar-refractivity contribution in [2.24, 2.45) is 0 Å². The molecule has 1 amide bonds. The molecule has 2 heterocycles. The molecular formula is C28H27N3O5S. The number of aliphatic hydroxyl groups excluding tert-OH is 1. The average Bonchev–Trinajstić information content (AvgIpc) is 2.92. The topological polar surface area (TPSA) is 98.2 Å². The number of aliphatic hydroxyl groups is 1. The fourth-order valence-electron chi connectivity index (χ4n) is 4.67. The summed E-state index contributed by atoms with van der Waals surface area (Å²) in [5.74, 6) is -1.56. The highest BCUT2D eigenvalue weighted by Gasteiger charge is 2.43. The second kappa shape index (κ2) is 9.74.